The van der Waals surface area contributed by atoms with Gasteiger partial charge in [-0.25, -0.2) is 13.2 Å². The van der Waals surface area contributed by atoms with Gasteiger partial charge in [-0.15, -0.1) is 0 Å². The Morgan fingerprint density at radius 3 is 2.30 bits per heavy atom. The van der Waals surface area contributed by atoms with Crippen molar-refractivity contribution in [1.82, 2.24) is 0 Å². The molecule has 0 saturated carbocycles. The molecule has 7 heteroatoms. The quantitative estimate of drug-likeness (QED) is 0.578. The smallest absolute Gasteiger partial charge is 0.340 e. The molecule has 0 amide bonds. The summed E-state index contributed by atoms with van der Waals surface area (Å²) in [6.07, 6.45) is 0. The van der Waals surface area contributed by atoms with E-state index in [9.17, 15) is 13.2 Å². The summed E-state index contributed by atoms with van der Waals surface area (Å²) in [5.41, 5.74) is 2.21. The predicted octanol–water partition coefficient (Wildman–Crippen LogP) is 3.50. The summed E-state index contributed by atoms with van der Waals surface area (Å²) in [4.78, 5) is 12.0. The lowest BCUT2D eigenvalue weighted by Crippen LogP contribution is -2.16. The van der Waals surface area contributed by atoms with Crippen LogP contribution in [0.25, 0.3) is 0 Å². The van der Waals surface area contributed by atoms with Crippen molar-refractivity contribution in [2.24, 2.45) is 0 Å². The Morgan fingerprint density at radius 1 is 1.13 bits per heavy atom. The average Bonchev–Trinajstić information content (AvgIpc) is 2.50. The van der Waals surface area contributed by atoms with Crippen LogP contribution in [0.5, 0.6) is 0 Å². The molecular formula is C16H16INO4S. The number of rotatable bonds is 4. The molecule has 23 heavy (non-hydrogen) atoms. The molecule has 0 heterocycles. The number of ether oxygens (including phenoxy) is 1. The molecule has 122 valence electrons. The van der Waals surface area contributed by atoms with Crippen LogP contribution in [0.3, 0.4) is 0 Å². The van der Waals surface area contributed by atoms with Crippen LogP contribution in [0.4, 0.5) is 5.69 Å². The van der Waals surface area contributed by atoms with Gasteiger partial charge in [0.2, 0.25) is 0 Å². The SMILES string of the molecule is COC(=O)c1cc(I)c(C)cc1NS(=O)(=O)c1ccc(C)cc1. The van der Waals surface area contributed by atoms with Gasteiger partial charge in [0.25, 0.3) is 10.0 Å². The summed E-state index contributed by atoms with van der Waals surface area (Å²) in [5, 5.41) is 0. The third kappa shape index (κ3) is 4.03. The average molecular weight is 445 g/mol. The molecule has 2 rings (SSSR count). The number of esters is 1. The van der Waals surface area contributed by atoms with Crippen molar-refractivity contribution in [2.45, 2.75) is 18.7 Å². The second-order valence-corrected chi connectivity index (χ2v) is 7.90. The zero-order valence-corrected chi connectivity index (χ0v) is 15.9. The first-order valence-corrected chi connectivity index (χ1v) is 9.29. The minimum atomic E-state index is -3.78. The van der Waals surface area contributed by atoms with E-state index >= 15 is 0 Å². The second-order valence-electron chi connectivity index (χ2n) is 5.06. The first kappa shape index (κ1) is 17.7. The van der Waals surface area contributed by atoms with Crippen molar-refractivity contribution in [3.05, 3.63) is 56.7 Å². The maximum absolute atomic E-state index is 12.5. The van der Waals surface area contributed by atoms with Crippen LogP contribution >= 0.6 is 22.6 Å². The van der Waals surface area contributed by atoms with Gasteiger partial charge in [0.05, 0.1) is 23.3 Å². The minimum Gasteiger partial charge on any atom is -0.465 e. The van der Waals surface area contributed by atoms with Crippen LogP contribution in [0.1, 0.15) is 21.5 Å². The molecule has 2 aromatic carbocycles. The molecule has 0 radical (unpaired) electrons. The first-order valence-electron chi connectivity index (χ1n) is 6.72. The van der Waals surface area contributed by atoms with Crippen molar-refractivity contribution in [3.8, 4) is 0 Å². The number of sulfonamides is 1. The van der Waals surface area contributed by atoms with E-state index in [4.69, 9.17) is 4.74 Å². The number of halogens is 1. The lowest BCUT2D eigenvalue weighted by Gasteiger charge is -2.13. The summed E-state index contributed by atoms with van der Waals surface area (Å²) in [7, 11) is -2.53. The van der Waals surface area contributed by atoms with Crippen molar-refractivity contribution >= 4 is 44.3 Å². The molecule has 0 aliphatic heterocycles. The number of methoxy groups -OCH3 is 1. The Labute approximate surface area is 149 Å². The number of carbonyl (C=O) groups is 1. The van der Waals surface area contributed by atoms with Crippen LogP contribution < -0.4 is 4.72 Å². The van der Waals surface area contributed by atoms with Gasteiger partial charge in [-0.3, -0.25) is 4.72 Å². The van der Waals surface area contributed by atoms with Crippen LogP contribution in [-0.4, -0.2) is 21.5 Å². The summed E-state index contributed by atoms with van der Waals surface area (Å²) >= 11 is 2.08. The van der Waals surface area contributed by atoms with Crippen molar-refractivity contribution < 1.29 is 17.9 Å². The number of hydrogen-bond acceptors (Lipinski definition) is 4. The molecule has 0 fully saturated rings. The van der Waals surface area contributed by atoms with E-state index in [-0.39, 0.29) is 16.1 Å². The van der Waals surface area contributed by atoms with Gasteiger partial charge in [-0.05, 0) is 66.3 Å². The molecule has 2 aromatic rings. The monoisotopic (exact) mass is 445 g/mol. The van der Waals surface area contributed by atoms with Gasteiger partial charge in [0, 0.05) is 3.57 Å². The number of anilines is 1. The lowest BCUT2D eigenvalue weighted by atomic mass is 10.1. The van der Waals surface area contributed by atoms with E-state index in [0.717, 1.165) is 14.7 Å². The molecule has 5 nitrogen and oxygen atoms in total. The highest BCUT2D eigenvalue weighted by Gasteiger charge is 2.20. The predicted molar refractivity (Wildman–Crippen MR) is 97.2 cm³/mol. The molecule has 1 N–H and O–H groups in total. The van der Waals surface area contributed by atoms with Gasteiger partial charge in [-0.1, -0.05) is 17.7 Å². The van der Waals surface area contributed by atoms with Crippen LogP contribution in [-0.2, 0) is 14.8 Å². The normalized spacial score (nSPS) is 11.1. The zero-order chi connectivity index (χ0) is 17.2. The molecule has 0 aliphatic rings. The van der Waals surface area contributed by atoms with Gasteiger partial charge >= 0.3 is 5.97 Å². The summed E-state index contributed by atoms with van der Waals surface area (Å²) in [6.45, 7) is 3.72. The molecule has 0 bridgehead atoms. The molecule has 0 unspecified atom stereocenters. The van der Waals surface area contributed by atoms with Gasteiger partial charge < -0.3 is 4.74 Å². The van der Waals surface area contributed by atoms with E-state index in [1.165, 1.54) is 19.2 Å². The zero-order valence-electron chi connectivity index (χ0n) is 12.9. The molecule has 0 spiro atoms. The second kappa shape index (κ2) is 6.88. The Bertz CT molecular complexity index is 845. The molecule has 0 atom stereocenters. The lowest BCUT2D eigenvalue weighted by molar-refractivity contribution is 0.0602. The minimum absolute atomic E-state index is 0.134. The largest absolute Gasteiger partial charge is 0.465 e. The Hall–Kier alpha value is -1.61. The molecule has 0 aliphatic carbocycles. The van der Waals surface area contributed by atoms with Crippen molar-refractivity contribution in [2.75, 3.05) is 11.8 Å². The van der Waals surface area contributed by atoms with Gasteiger partial charge in [0.15, 0.2) is 0 Å². The van der Waals surface area contributed by atoms with E-state index in [1.807, 2.05) is 13.8 Å². The highest BCUT2D eigenvalue weighted by atomic mass is 127. The topological polar surface area (TPSA) is 72.5 Å². The molecule has 0 saturated heterocycles. The number of nitrogens with one attached hydrogen (secondary N) is 1. The molecule has 0 aromatic heterocycles. The standard InChI is InChI=1S/C16H16INO4S/c1-10-4-6-12(7-5-10)23(20,21)18-15-8-11(2)14(17)9-13(15)16(19)22-3/h4-9,18H,1-3H3. The Morgan fingerprint density at radius 2 is 1.74 bits per heavy atom. The fourth-order valence-electron chi connectivity index (χ4n) is 1.97. The molecular weight excluding hydrogens is 429 g/mol. The van der Waals surface area contributed by atoms with Gasteiger partial charge in [0.1, 0.15) is 0 Å². The number of hydrogen-bond donors (Lipinski definition) is 1. The summed E-state index contributed by atoms with van der Waals surface area (Å²) in [5.74, 6) is -0.593. The van der Waals surface area contributed by atoms with Crippen molar-refractivity contribution in [3.63, 3.8) is 0 Å². The third-order valence-electron chi connectivity index (χ3n) is 3.28. The summed E-state index contributed by atoms with van der Waals surface area (Å²) < 4.78 is 33.1. The number of aryl methyl sites for hydroxylation is 2. The number of carbonyl (C=O) groups excluding carboxylic acids is 1. The fourth-order valence-corrected chi connectivity index (χ4v) is 3.50. The van der Waals surface area contributed by atoms with Crippen LogP contribution in [0.2, 0.25) is 0 Å². The van der Waals surface area contributed by atoms with Gasteiger partial charge in [-0.2, -0.15) is 0 Å². The highest BCUT2D eigenvalue weighted by molar-refractivity contribution is 14.1. The van der Waals surface area contributed by atoms with E-state index in [0.29, 0.717) is 0 Å². The van der Waals surface area contributed by atoms with Crippen molar-refractivity contribution in [1.29, 1.82) is 0 Å². The maximum Gasteiger partial charge on any atom is 0.340 e. The fraction of sp³-hybridized carbons (Fsp3) is 0.188. The maximum atomic E-state index is 12.5. The van der Waals surface area contributed by atoms with Crippen LogP contribution in [0.15, 0.2) is 41.3 Å². The Balaban J connectivity index is 2.48. The summed E-state index contributed by atoms with van der Waals surface area (Å²) in [6, 6.07) is 9.71. The highest BCUT2D eigenvalue weighted by Crippen LogP contribution is 2.26. The first-order chi connectivity index (χ1) is 10.7. The van der Waals surface area contributed by atoms with E-state index in [2.05, 4.69) is 27.3 Å². The van der Waals surface area contributed by atoms with Crippen LogP contribution in [0, 0.1) is 17.4 Å². The van der Waals surface area contributed by atoms with E-state index in [1.54, 1.807) is 24.3 Å². The Kier molecular flexibility index (Phi) is 5.30. The third-order valence-corrected chi connectivity index (χ3v) is 5.82. The number of benzene rings is 2. The van der Waals surface area contributed by atoms with E-state index < -0.39 is 16.0 Å².